The Hall–Kier alpha value is -8.18. The van der Waals surface area contributed by atoms with Crippen molar-refractivity contribution in [3.63, 3.8) is 0 Å². The van der Waals surface area contributed by atoms with Crippen molar-refractivity contribution in [3.05, 3.63) is 233 Å². The van der Waals surface area contributed by atoms with Crippen LogP contribution in [0.1, 0.15) is 113 Å². The molecule has 17 heteroatoms. The van der Waals surface area contributed by atoms with Crippen molar-refractivity contribution in [2.45, 2.75) is 93.7 Å². The number of nitrogens with zero attached hydrogens (tertiary/aromatic N) is 4. The number of aromatic nitrogens is 4. The number of aliphatic hydroxyl groups excluding tert-OH is 2. The van der Waals surface area contributed by atoms with Crippen LogP contribution in [0.2, 0.25) is 5.02 Å². The summed E-state index contributed by atoms with van der Waals surface area (Å²) in [5.41, 5.74) is 2.24. The van der Waals surface area contributed by atoms with E-state index in [1.54, 1.807) is 6.07 Å². The van der Waals surface area contributed by atoms with Crippen LogP contribution in [0.25, 0.3) is 22.3 Å². The van der Waals surface area contributed by atoms with Gasteiger partial charge in [-0.25, -0.2) is 9.97 Å². The lowest BCUT2D eigenvalue weighted by Crippen LogP contribution is -2.36. The van der Waals surface area contributed by atoms with Crippen LogP contribution in [-0.4, -0.2) is 64.9 Å². The summed E-state index contributed by atoms with van der Waals surface area (Å²) in [6, 6.07) is 40.6. The second-order valence-corrected chi connectivity index (χ2v) is 21.8. The van der Waals surface area contributed by atoms with Gasteiger partial charge in [0.05, 0.1) is 46.4 Å². The molecule has 13 nitrogen and oxygen atoms in total. The number of aromatic amines is 2. The molecule has 80 heavy (non-hydrogen) atoms. The number of carbonyl (C=O) groups excluding carboxylic acids is 2. The fourth-order valence-electron chi connectivity index (χ4n) is 11.5. The SMILES string of the molecule is O=C(C(O)c1cccc(-c2cc(C(F)(F)F)ccc2-c2cc(Cl)cc([C@@H](O)C(=O)N3CCCc4nc(C5(c6cccc(Oc7ccccc7)c6)CC5)[nH]c(=O)c4C3)c2)c1)N1CCCc2c(nc(C3(c4ccccc4)CC3)[nH]c2=O)C1. The third kappa shape index (κ3) is 10.1. The van der Waals surface area contributed by atoms with Gasteiger partial charge in [0.15, 0.2) is 12.2 Å². The molecule has 1 unspecified atom stereocenters. The minimum atomic E-state index is -4.75. The van der Waals surface area contributed by atoms with Gasteiger partial charge in [0.2, 0.25) is 0 Å². The molecule has 0 radical (unpaired) electrons. The molecule has 0 spiro atoms. The first kappa shape index (κ1) is 52.5. The number of ether oxygens (including phenoxy) is 1. The fraction of sp³-hybridized carbons (Fsp3) is 0.270. The molecule has 2 saturated carbocycles. The first-order chi connectivity index (χ1) is 38.6. The van der Waals surface area contributed by atoms with Crippen molar-refractivity contribution in [1.29, 1.82) is 0 Å². The van der Waals surface area contributed by atoms with Gasteiger partial charge in [-0.05, 0) is 157 Å². The molecule has 8 aromatic rings. The van der Waals surface area contributed by atoms with Gasteiger partial charge in [0.25, 0.3) is 22.9 Å². The quantitative estimate of drug-likeness (QED) is 0.0925. The molecule has 4 N–H and O–H groups in total. The number of fused-ring (bicyclic) bond motifs is 2. The van der Waals surface area contributed by atoms with Crippen molar-refractivity contribution in [1.82, 2.24) is 29.7 Å². The van der Waals surface area contributed by atoms with E-state index < -0.39 is 46.6 Å². The number of aryl methyl sites for hydroxylation is 1. The minimum Gasteiger partial charge on any atom is -0.457 e. The molecule has 6 aromatic carbocycles. The predicted molar refractivity (Wildman–Crippen MR) is 294 cm³/mol. The molecule has 2 amide bonds. The second-order valence-electron chi connectivity index (χ2n) is 21.3. The van der Waals surface area contributed by atoms with Gasteiger partial charge in [0, 0.05) is 23.7 Å². The maximum absolute atomic E-state index is 14.5. The number of benzene rings is 6. The molecule has 2 aliphatic heterocycles. The van der Waals surface area contributed by atoms with E-state index in [2.05, 4.69) is 9.97 Å². The Balaban J connectivity index is 0.791. The fourth-order valence-corrected chi connectivity index (χ4v) is 11.8. The lowest BCUT2D eigenvalue weighted by molar-refractivity contribution is -0.141. The van der Waals surface area contributed by atoms with Gasteiger partial charge in [-0.2, -0.15) is 13.2 Å². The normalized spacial score (nSPS) is 17.0. The van der Waals surface area contributed by atoms with Crippen LogP contribution in [0.15, 0.2) is 155 Å². The standard InChI is InChI=1S/C63H54ClF3N6O7/c64-44-31-39(30-40(32-44)54(75)58(79)72-28-10-20-51-50(35-72)56(77)71-60(68-51)62(25-26-62)42-15-8-18-46(33-42)80-45-16-5-2-6-17-45)47-22-21-43(63(65,66)67)34-49(47)37-11-7-12-38(29-37)53(74)57(78)73-27-9-19-48-52(36-73)69-59(70-55(48)76)61(23-24-61)41-13-3-1-4-14-41/h1-8,11-18,21-22,29-34,53-54,74-75H,9-10,19-20,23-28,35-36H2,(H,68,71,77)(H,69,70,76)/t53?,54-/m1/s1. The maximum atomic E-state index is 14.5. The molecule has 12 rings (SSSR count). The summed E-state index contributed by atoms with van der Waals surface area (Å²) >= 11 is 6.71. The second kappa shape index (κ2) is 20.8. The number of aliphatic hydroxyl groups is 2. The van der Waals surface area contributed by atoms with E-state index >= 15 is 0 Å². The zero-order chi connectivity index (χ0) is 55.5. The molecule has 0 bridgehead atoms. The maximum Gasteiger partial charge on any atom is 0.416 e. The molecule has 2 fully saturated rings. The number of halogens is 4. The first-order valence-electron chi connectivity index (χ1n) is 26.8. The van der Waals surface area contributed by atoms with Crippen LogP contribution in [0.4, 0.5) is 13.2 Å². The highest BCUT2D eigenvalue weighted by Gasteiger charge is 2.50. The van der Waals surface area contributed by atoms with Crippen LogP contribution in [0, 0.1) is 0 Å². The van der Waals surface area contributed by atoms with E-state index in [0.717, 1.165) is 48.9 Å². The molecule has 4 aliphatic rings. The van der Waals surface area contributed by atoms with Crippen molar-refractivity contribution in [2.24, 2.45) is 0 Å². The number of rotatable bonds is 12. The highest BCUT2D eigenvalue weighted by molar-refractivity contribution is 6.31. The van der Waals surface area contributed by atoms with E-state index in [1.807, 2.05) is 84.9 Å². The van der Waals surface area contributed by atoms with Crippen LogP contribution in [-0.2, 0) is 52.5 Å². The van der Waals surface area contributed by atoms with Crippen LogP contribution < -0.4 is 15.9 Å². The largest absolute Gasteiger partial charge is 0.457 e. The van der Waals surface area contributed by atoms with E-state index in [-0.39, 0.29) is 75.7 Å². The van der Waals surface area contributed by atoms with Gasteiger partial charge < -0.3 is 34.7 Å². The number of alkyl halides is 3. The van der Waals surface area contributed by atoms with E-state index in [1.165, 1.54) is 52.3 Å². The zero-order valence-corrected chi connectivity index (χ0v) is 44.0. The summed E-state index contributed by atoms with van der Waals surface area (Å²) in [5.74, 6) is 1.05. The van der Waals surface area contributed by atoms with Gasteiger partial charge in [-0.15, -0.1) is 0 Å². The van der Waals surface area contributed by atoms with Gasteiger partial charge in [-0.1, -0.05) is 96.5 Å². The summed E-state index contributed by atoms with van der Waals surface area (Å²) in [4.78, 5) is 75.0. The topological polar surface area (TPSA) is 182 Å². The summed E-state index contributed by atoms with van der Waals surface area (Å²) in [6.07, 6.45) is -3.47. The number of H-pyrrole nitrogens is 2. The first-order valence-corrected chi connectivity index (χ1v) is 27.1. The summed E-state index contributed by atoms with van der Waals surface area (Å²) < 4.78 is 49.6. The Kier molecular flexibility index (Phi) is 13.7. The number of hydrogen-bond donors (Lipinski definition) is 4. The molecule has 406 valence electrons. The van der Waals surface area contributed by atoms with Gasteiger partial charge in [-0.3, -0.25) is 19.2 Å². The average molecular weight is 1100 g/mol. The molecule has 4 heterocycles. The summed E-state index contributed by atoms with van der Waals surface area (Å²) in [5, 5.41) is 23.7. The van der Waals surface area contributed by atoms with E-state index in [9.17, 15) is 42.6 Å². The summed E-state index contributed by atoms with van der Waals surface area (Å²) in [7, 11) is 0. The molecular weight excluding hydrogens is 1050 g/mol. The lowest BCUT2D eigenvalue weighted by atomic mass is 9.90. The number of amides is 2. The summed E-state index contributed by atoms with van der Waals surface area (Å²) in [6.45, 7) is 0.268. The monoisotopic (exact) mass is 1100 g/mol. The van der Waals surface area contributed by atoms with Crippen molar-refractivity contribution in [3.8, 4) is 33.8 Å². The number of hydrogen-bond acceptors (Lipinski definition) is 9. The van der Waals surface area contributed by atoms with Crippen LogP contribution >= 0.6 is 11.6 Å². The third-order valence-corrected chi connectivity index (χ3v) is 16.4. The van der Waals surface area contributed by atoms with Crippen molar-refractivity contribution in [2.75, 3.05) is 13.1 Å². The molecule has 2 atom stereocenters. The zero-order valence-electron chi connectivity index (χ0n) is 43.2. The number of nitrogens with one attached hydrogen (secondary N) is 2. The Labute approximate surface area is 462 Å². The van der Waals surface area contributed by atoms with Crippen LogP contribution in [0.3, 0.4) is 0 Å². The molecule has 0 saturated heterocycles. The van der Waals surface area contributed by atoms with Crippen LogP contribution in [0.5, 0.6) is 11.5 Å². The van der Waals surface area contributed by atoms with Crippen molar-refractivity contribution < 1.29 is 37.7 Å². The highest BCUT2D eigenvalue weighted by atomic mass is 35.5. The molecular formula is C63H54ClF3N6O7. The van der Waals surface area contributed by atoms with Gasteiger partial charge >= 0.3 is 6.18 Å². The van der Waals surface area contributed by atoms with Crippen molar-refractivity contribution >= 4 is 23.4 Å². The minimum absolute atomic E-state index is 0.0269. The predicted octanol–water partition coefficient (Wildman–Crippen LogP) is 10.8. The average Bonchev–Trinajstić information content (AvgIpc) is 4.54. The Morgan fingerprint density at radius 1 is 0.588 bits per heavy atom. The van der Waals surface area contributed by atoms with E-state index in [0.29, 0.717) is 71.3 Å². The highest BCUT2D eigenvalue weighted by Crippen LogP contribution is 2.54. The number of para-hydroxylation sites is 1. The molecule has 2 aliphatic carbocycles. The Morgan fingerprint density at radius 3 is 1.88 bits per heavy atom. The third-order valence-electron chi connectivity index (χ3n) is 16.2. The smallest absolute Gasteiger partial charge is 0.416 e. The van der Waals surface area contributed by atoms with E-state index in [4.69, 9.17) is 26.3 Å². The number of carbonyl (C=O) groups is 2. The lowest BCUT2D eigenvalue weighted by Gasteiger charge is -2.25. The Bertz CT molecular complexity index is 3840. The van der Waals surface area contributed by atoms with Gasteiger partial charge in [0.1, 0.15) is 23.1 Å². The Morgan fingerprint density at radius 2 is 1.18 bits per heavy atom. The molecule has 2 aromatic heterocycles.